The van der Waals surface area contributed by atoms with Crippen molar-refractivity contribution in [2.24, 2.45) is 5.41 Å². The molecule has 1 aromatic heterocycles. The summed E-state index contributed by atoms with van der Waals surface area (Å²) in [6.07, 6.45) is 11.4. The molecule has 2 aromatic carbocycles. The molecule has 3 heterocycles. The number of benzene rings is 2. The Morgan fingerprint density at radius 3 is 2.29 bits per heavy atom. The number of nitrogens with zero attached hydrogens (tertiary/aromatic N) is 3. The number of anilines is 1. The first-order valence-corrected chi connectivity index (χ1v) is 13.0. The number of hydrogen-bond acceptors (Lipinski definition) is 6. The number of rotatable bonds is 9. The lowest BCUT2D eigenvalue weighted by atomic mass is 9.86. The van der Waals surface area contributed by atoms with Gasteiger partial charge in [-0.25, -0.2) is 9.48 Å². The van der Waals surface area contributed by atoms with Crippen LogP contribution >= 0.6 is 23.2 Å². The van der Waals surface area contributed by atoms with Gasteiger partial charge in [-0.15, -0.1) is 0 Å². The maximum atomic E-state index is 12.5. The largest absolute Gasteiger partial charge is 0.491 e. The van der Waals surface area contributed by atoms with Crippen molar-refractivity contribution in [1.82, 2.24) is 9.78 Å². The molecule has 0 aliphatic carbocycles. The highest BCUT2D eigenvalue weighted by Gasteiger charge is 2.36. The van der Waals surface area contributed by atoms with E-state index in [1.54, 1.807) is 58.5 Å². The number of carboxylic acid groups (broad SMARTS) is 1. The van der Waals surface area contributed by atoms with Gasteiger partial charge in [0.25, 0.3) is 0 Å². The van der Waals surface area contributed by atoms with E-state index in [1.807, 2.05) is 30.3 Å². The summed E-state index contributed by atoms with van der Waals surface area (Å²) in [5, 5.41) is 15.5. The minimum absolute atomic E-state index is 0.0436. The molecular formula is C28H27Cl2N3O5. The van der Waals surface area contributed by atoms with Gasteiger partial charge in [0, 0.05) is 12.8 Å². The molecule has 3 aromatic rings. The minimum Gasteiger partial charge on any atom is -0.491 e. The molecule has 198 valence electrons. The van der Waals surface area contributed by atoms with Crippen LogP contribution in [0.1, 0.15) is 25.5 Å². The van der Waals surface area contributed by atoms with Crippen molar-refractivity contribution in [3.8, 4) is 11.5 Å². The summed E-state index contributed by atoms with van der Waals surface area (Å²) in [5.41, 5.74) is -0.288. The second-order valence-corrected chi connectivity index (χ2v) is 10.0. The molecule has 5 rings (SSSR count). The normalized spacial score (nSPS) is 18.6. The molecule has 1 saturated heterocycles. The van der Waals surface area contributed by atoms with Gasteiger partial charge in [-0.2, -0.15) is 5.10 Å². The number of aliphatic carboxylic acids is 1. The van der Waals surface area contributed by atoms with Crippen molar-refractivity contribution < 1.29 is 24.1 Å². The third kappa shape index (κ3) is 5.83. The minimum atomic E-state index is -1.10. The first-order valence-electron chi connectivity index (χ1n) is 12.3. The van der Waals surface area contributed by atoms with Gasteiger partial charge in [-0.1, -0.05) is 53.5 Å². The van der Waals surface area contributed by atoms with E-state index in [0.717, 1.165) is 19.3 Å². The van der Waals surface area contributed by atoms with Crippen LogP contribution in [0.3, 0.4) is 0 Å². The highest BCUT2D eigenvalue weighted by molar-refractivity contribution is 6.32. The molecule has 8 nitrogen and oxygen atoms in total. The van der Waals surface area contributed by atoms with Crippen molar-refractivity contribution in [1.29, 1.82) is 0 Å². The number of para-hydroxylation sites is 2. The fourth-order valence-electron chi connectivity index (χ4n) is 4.39. The second-order valence-electron chi connectivity index (χ2n) is 9.19. The van der Waals surface area contributed by atoms with E-state index in [0.29, 0.717) is 33.8 Å². The summed E-state index contributed by atoms with van der Waals surface area (Å²) in [5.74, 6) is -0.127. The van der Waals surface area contributed by atoms with E-state index in [2.05, 4.69) is 5.10 Å². The molecule has 0 spiro atoms. The SMILES string of the molecule is O=C(O)C1=CC(COc2ccccc2Cl)(COc2ccccc2Cl)C=CN1c1cnn(C2CCCCO2)c1. The van der Waals surface area contributed by atoms with Crippen LogP contribution in [0.25, 0.3) is 0 Å². The quantitative estimate of drug-likeness (QED) is 0.329. The van der Waals surface area contributed by atoms with Gasteiger partial charge in [0.15, 0.2) is 0 Å². The Hall–Kier alpha value is -3.46. The topological polar surface area (TPSA) is 86.1 Å². The zero-order chi connectivity index (χ0) is 26.5. The van der Waals surface area contributed by atoms with E-state index in [9.17, 15) is 9.90 Å². The maximum absolute atomic E-state index is 12.5. The van der Waals surface area contributed by atoms with Gasteiger partial charge in [0.2, 0.25) is 0 Å². The van der Waals surface area contributed by atoms with Crippen LogP contribution in [-0.2, 0) is 9.53 Å². The Morgan fingerprint density at radius 2 is 1.71 bits per heavy atom. The summed E-state index contributed by atoms with van der Waals surface area (Å²) in [6, 6.07) is 14.2. The highest BCUT2D eigenvalue weighted by atomic mass is 35.5. The second kappa shape index (κ2) is 11.5. The van der Waals surface area contributed by atoms with Gasteiger partial charge in [0.1, 0.15) is 36.6 Å². The number of halogens is 2. The fourth-order valence-corrected chi connectivity index (χ4v) is 4.78. The molecule has 1 fully saturated rings. The number of ether oxygens (including phenoxy) is 3. The summed E-state index contributed by atoms with van der Waals surface area (Å²) in [4.78, 5) is 14.1. The summed E-state index contributed by atoms with van der Waals surface area (Å²) < 4.78 is 19.7. The lowest BCUT2D eigenvalue weighted by Gasteiger charge is -2.34. The van der Waals surface area contributed by atoms with Crippen molar-refractivity contribution >= 4 is 34.9 Å². The van der Waals surface area contributed by atoms with Crippen LogP contribution in [0.15, 0.2) is 85.0 Å². The Balaban J connectivity index is 1.44. The third-order valence-electron chi connectivity index (χ3n) is 6.44. The lowest BCUT2D eigenvalue weighted by Crippen LogP contribution is -2.38. The average Bonchev–Trinajstić information content (AvgIpc) is 3.43. The third-order valence-corrected chi connectivity index (χ3v) is 7.07. The molecule has 38 heavy (non-hydrogen) atoms. The van der Waals surface area contributed by atoms with E-state index in [-0.39, 0.29) is 25.1 Å². The Bertz CT molecular complexity index is 1300. The van der Waals surface area contributed by atoms with E-state index < -0.39 is 11.4 Å². The number of hydrogen-bond donors (Lipinski definition) is 1. The Kier molecular flexibility index (Phi) is 7.93. The molecule has 0 saturated carbocycles. The van der Waals surface area contributed by atoms with Crippen molar-refractivity contribution in [3.05, 3.63) is 95.0 Å². The molecule has 2 aliphatic heterocycles. The van der Waals surface area contributed by atoms with Crippen LogP contribution in [0.5, 0.6) is 11.5 Å². The predicted molar refractivity (Wildman–Crippen MR) is 145 cm³/mol. The highest BCUT2D eigenvalue weighted by Crippen LogP contribution is 2.36. The number of carboxylic acids is 1. The van der Waals surface area contributed by atoms with Crippen LogP contribution in [0, 0.1) is 5.41 Å². The van der Waals surface area contributed by atoms with Crippen LogP contribution in [-0.4, -0.2) is 40.7 Å². The maximum Gasteiger partial charge on any atom is 0.352 e. The van der Waals surface area contributed by atoms with Gasteiger partial charge in [-0.05, 0) is 49.6 Å². The average molecular weight is 556 g/mol. The van der Waals surface area contributed by atoms with Gasteiger partial charge >= 0.3 is 5.97 Å². The predicted octanol–water partition coefficient (Wildman–Crippen LogP) is 6.34. The van der Waals surface area contributed by atoms with E-state index in [1.165, 1.54) is 0 Å². The molecular weight excluding hydrogens is 529 g/mol. The Labute approximate surface area is 230 Å². The number of carbonyl (C=O) groups is 1. The number of aromatic nitrogens is 2. The molecule has 0 bridgehead atoms. The first kappa shape index (κ1) is 26.2. The van der Waals surface area contributed by atoms with Gasteiger partial charge in [-0.3, -0.25) is 0 Å². The van der Waals surface area contributed by atoms with E-state index in [4.69, 9.17) is 37.4 Å². The van der Waals surface area contributed by atoms with Crippen molar-refractivity contribution in [2.45, 2.75) is 25.5 Å². The fraction of sp³-hybridized carbons (Fsp3) is 0.286. The van der Waals surface area contributed by atoms with Crippen LogP contribution in [0.4, 0.5) is 5.69 Å². The molecule has 0 radical (unpaired) electrons. The summed E-state index contributed by atoms with van der Waals surface area (Å²) >= 11 is 12.6. The van der Waals surface area contributed by atoms with Gasteiger partial charge in [0.05, 0.1) is 33.5 Å². The monoisotopic (exact) mass is 555 g/mol. The van der Waals surface area contributed by atoms with Crippen molar-refractivity contribution in [2.75, 3.05) is 24.7 Å². The van der Waals surface area contributed by atoms with E-state index >= 15 is 0 Å². The molecule has 1 N–H and O–H groups in total. The molecule has 1 unspecified atom stereocenters. The van der Waals surface area contributed by atoms with Crippen LogP contribution < -0.4 is 14.4 Å². The molecule has 0 amide bonds. The van der Waals surface area contributed by atoms with Crippen molar-refractivity contribution in [3.63, 3.8) is 0 Å². The summed E-state index contributed by atoms with van der Waals surface area (Å²) in [6.45, 7) is 0.845. The smallest absolute Gasteiger partial charge is 0.352 e. The zero-order valence-electron chi connectivity index (χ0n) is 20.5. The lowest BCUT2D eigenvalue weighted by molar-refractivity contribution is -0.132. The van der Waals surface area contributed by atoms with Crippen LogP contribution in [0.2, 0.25) is 10.0 Å². The Morgan fingerprint density at radius 1 is 1.05 bits per heavy atom. The molecule has 1 atom stereocenters. The standard InChI is InChI=1S/C28H27Cl2N3O5/c29-21-7-1-3-9-24(21)37-18-28(19-38-25-10-4-2-8-22(25)30)12-13-32(23(15-28)27(34)35)20-16-31-33(17-20)26-11-5-6-14-36-26/h1-4,7-10,12-13,15-17,26H,5-6,11,14,18-19H2,(H,34,35). The molecule has 10 heteroatoms. The molecule has 2 aliphatic rings. The summed E-state index contributed by atoms with van der Waals surface area (Å²) in [7, 11) is 0. The zero-order valence-corrected chi connectivity index (χ0v) is 22.0. The first-order chi connectivity index (χ1) is 18.4. The van der Waals surface area contributed by atoms with Gasteiger partial charge < -0.3 is 24.2 Å².